The molecule has 0 unspecified atom stereocenters. The van der Waals surface area contributed by atoms with Gasteiger partial charge < -0.3 is 14.5 Å². The number of unbranched alkanes of at least 4 members (excludes halogenated alkanes) is 2. The normalized spacial score (nSPS) is 16.9. The van der Waals surface area contributed by atoms with Crippen LogP contribution in [-0.2, 0) is 14.3 Å². The van der Waals surface area contributed by atoms with Gasteiger partial charge in [-0.1, -0.05) is 53.4 Å². The second-order valence-electron chi connectivity index (χ2n) is 12.0. The van der Waals surface area contributed by atoms with Crippen molar-refractivity contribution in [3.8, 4) is 0 Å². The average molecular weight is 565 g/mol. The van der Waals surface area contributed by atoms with Gasteiger partial charge in [-0.3, -0.25) is 19.4 Å². The molecule has 2 aliphatic heterocycles. The highest BCUT2D eigenvalue weighted by Crippen LogP contribution is 2.38. The number of hydrogen-bond acceptors (Lipinski definition) is 5. The van der Waals surface area contributed by atoms with Crippen molar-refractivity contribution in [3.05, 3.63) is 0 Å². The van der Waals surface area contributed by atoms with Crippen molar-refractivity contribution >= 4 is 23.9 Å². The number of nitrogens with zero attached hydrogens (tertiary/aromatic N) is 4. The molecule has 2 fully saturated rings. The number of ether oxygens (including phenoxy) is 1. The van der Waals surface area contributed by atoms with Gasteiger partial charge in [0.25, 0.3) is 0 Å². The van der Waals surface area contributed by atoms with Crippen molar-refractivity contribution in [1.29, 1.82) is 0 Å². The molecule has 9 nitrogen and oxygen atoms in total. The summed E-state index contributed by atoms with van der Waals surface area (Å²) in [5.41, 5.74) is 0.234. The highest BCUT2D eigenvalue weighted by Gasteiger charge is 2.39. The molecule has 40 heavy (non-hydrogen) atoms. The van der Waals surface area contributed by atoms with Crippen molar-refractivity contribution in [2.75, 3.05) is 53.0 Å². The lowest BCUT2D eigenvalue weighted by Crippen LogP contribution is -2.41. The fourth-order valence-corrected chi connectivity index (χ4v) is 6.33. The average Bonchev–Trinajstić information content (AvgIpc) is 3.37. The van der Waals surface area contributed by atoms with Gasteiger partial charge in [0.15, 0.2) is 0 Å². The molecule has 0 aromatic heterocycles. The quantitative estimate of drug-likeness (QED) is 0.128. The molecule has 0 aromatic rings. The van der Waals surface area contributed by atoms with E-state index in [2.05, 4.69) is 27.7 Å². The van der Waals surface area contributed by atoms with Crippen LogP contribution in [0.2, 0.25) is 0 Å². The Morgan fingerprint density at radius 2 is 1.18 bits per heavy atom. The van der Waals surface area contributed by atoms with Gasteiger partial charge in [-0.05, 0) is 69.1 Å². The third-order valence-corrected chi connectivity index (χ3v) is 9.82. The zero-order valence-corrected chi connectivity index (χ0v) is 26.3. The van der Waals surface area contributed by atoms with Gasteiger partial charge in [0.05, 0.1) is 0 Å². The summed E-state index contributed by atoms with van der Waals surface area (Å²) in [5, 5.41) is 0. The highest BCUT2D eigenvalue weighted by molar-refractivity contribution is 6.02. The second kappa shape index (κ2) is 16.3. The lowest BCUT2D eigenvalue weighted by atomic mass is 9.74. The molecule has 2 aliphatic rings. The maximum atomic E-state index is 12.4. The standard InChI is InChI=1S/C31H56N4O5/c1-7-30(8-2,19-16-20-34-27(37)24-33(11-5)29(34)39)17-12-14-21-40-22-15-13-18-31(9-3,10-4)25-35-26(36)23-32(6)28(35)38/h7-25H2,1-6H3. The topological polar surface area (TPSA) is 90.5 Å². The third kappa shape index (κ3) is 8.92. The van der Waals surface area contributed by atoms with Crippen LogP contribution >= 0.6 is 0 Å². The number of urea groups is 2. The van der Waals surface area contributed by atoms with Crippen molar-refractivity contribution in [1.82, 2.24) is 19.6 Å². The van der Waals surface area contributed by atoms with Crippen molar-refractivity contribution in [3.63, 3.8) is 0 Å². The van der Waals surface area contributed by atoms with Crippen molar-refractivity contribution in [2.24, 2.45) is 10.8 Å². The van der Waals surface area contributed by atoms with Crippen LogP contribution in [0.1, 0.15) is 112 Å². The monoisotopic (exact) mass is 564 g/mol. The van der Waals surface area contributed by atoms with Crippen LogP contribution in [0.4, 0.5) is 9.59 Å². The summed E-state index contributed by atoms with van der Waals surface area (Å²) in [7, 11) is 1.68. The van der Waals surface area contributed by atoms with Crippen LogP contribution in [0, 0.1) is 10.8 Å². The second-order valence-corrected chi connectivity index (χ2v) is 12.0. The van der Waals surface area contributed by atoms with Gasteiger partial charge >= 0.3 is 12.1 Å². The lowest BCUT2D eigenvalue weighted by Gasteiger charge is -2.35. The van der Waals surface area contributed by atoms with Gasteiger partial charge in [0, 0.05) is 39.9 Å². The van der Waals surface area contributed by atoms with E-state index in [0.717, 1.165) is 90.3 Å². The summed E-state index contributed by atoms with van der Waals surface area (Å²) in [6, 6.07) is -0.308. The van der Waals surface area contributed by atoms with Crippen LogP contribution in [0.25, 0.3) is 0 Å². The Hall–Kier alpha value is -2.16. The molecule has 0 aliphatic carbocycles. The fraction of sp³-hybridized carbons (Fsp3) is 0.871. The zero-order chi connectivity index (χ0) is 29.8. The Morgan fingerprint density at radius 1 is 0.650 bits per heavy atom. The first kappa shape index (κ1) is 34.0. The first-order valence-corrected chi connectivity index (χ1v) is 15.8. The van der Waals surface area contributed by atoms with Crippen LogP contribution in [0.15, 0.2) is 0 Å². The summed E-state index contributed by atoms with van der Waals surface area (Å²) in [6.45, 7) is 14.3. The van der Waals surface area contributed by atoms with E-state index in [-0.39, 0.29) is 47.8 Å². The molecule has 0 saturated carbocycles. The van der Waals surface area contributed by atoms with E-state index < -0.39 is 0 Å². The molecule has 0 spiro atoms. The Morgan fingerprint density at radius 3 is 1.65 bits per heavy atom. The van der Waals surface area contributed by atoms with E-state index in [1.165, 1.54) is 14.7 Å². The summed E-state index contributed by atoms with van der Waals surface area (Å²) < 4.78 is 5.96. The number of rotatable bonds is 21. The SMILES string of the molecule is CCN1CC(=O)N(CCCC(CC)(CC)CCCCOCCCCC(CC)(CC)CN2C(=O)CN(C)C2=O)C1=O. The minimum absolute atomic E-state index is 0.0229. The number of likely N-dealkylation sites (N-methyl/N-ethyl adjacent to an activating group) is 2. The number of hydrogen-bond donors (Lipinski definition) is 0. The molecule has 2 saturated heterocycles. The number of carbonyl (C=O) groups is 4. The largest absolute Gasteiger partial charge is 0.381 e. The summed E-state index contributed by atoms with van der Waals surface area (Å²) in [4.78, 5) is 55.2. The molecule has 2 rings (SSSR count). The van der Waals surface area contributed by atoms with E-state index in [4.69, 9.17) is 4.74 Å². The molecule has 2 heterocycles. The Kier molecular flexibility index (Phi) is 13.9. The fourth-order valence-electron chi connectivity index (χ4n) is 6.33. The first-order chi connectivity index (χ1) is 19.1. The smallest absolute Gasteiger partial charge is 0.327 e. The molecule has 0 bridgehead atoms. The minimum Gasteiger partial charge on any atom is -0.381 e. The molecule has 9 heteroatoms. The number of imide groups is 2. The van der Waals surface area contributed by atoms with Crippen LogP contribution in [0.5, 0.6) is 0 Å². The summed E-state index contributed by atoms with van der Waals surface area (Å²) in [6.07, 6.45) is 12.3. The molecule has 0 N–H and O–H groups in total. The Balaban J connectivity index is 1.64. The zero-order valence-electron chi connectivity index (χ0n) is 26.3. The molecule has 0 aromatic carbocycles. The van der Waals surface area contributed by atoms with Gasteiger partial charge in [-0.15, -0.1) is 0 Å². The Bertz CT molecular complexity index is 840. The molecule has 0 atom stereocenters. The van der Waals surface area contributed by atoms with E-state index in [9.17, 15) is 19.2 Å². The number of carbonyl (C=O) groups excluding carboxylic acids is 4. The minimum atomic E-state index is -0.171. The van der Waals surface area contributed by atoms with E-state index in [0.29, 0.717) is 19.6 Å². The summed E-state index contributed by atoms with van der Waals surface area (Å²) in [5.74, 6) is -0.153. The first-order valence-electron chi connectivity index (χ1n) is 15.8. The van der Waals surface area contributed by atoms with Crippen LogP contribution in [-0.4, -0.2) is 96.5 Å². The van der Waals surface area contributed by atoms with Gasteiger partial charge in [-0.2, -0.15) is 0 Å². The maximum Gasteiger partial charge on any atom is 0.327 e. The van der Waals surface area contributed by atoms with Crippen LogP contribution < -0.4 is 0 Å². The molecule has 230 valence electrons. The lowest BCUT2D eigenvalue weighted by molar-refractivity contribution is -0.127. The van der Waals surface area contributed by atoms with Gasteiger partial charge in [0.1, 0.15) is 13.1 Å². The molecular formula is C31H56N4O5. The third-order valence-electron chi connectivity index (χ3n) is 9.82. The molecule has 6 amide bonds. The van der Waals surface area contributed by atoms with E-state index in [1.807, 2.05) is 6.92 Å². The molecule has 0 radical (unpaired) electrons. The number of amides is 6. The Labute approximate surface area is 242 Å². The highest BCUT2D eigenvalue weighted by atomic mass is 16.5. The van der Waals surface area contributed by atoms with Gasteiger partial charge in [0.2, 0.25) is 11.8 Å². The summed E-state index contributed by atoms with van der Waals surface area (Å²) >= 11 is 0. The van der Waals surface area contributed by atoms with Crippen LogP contribution in [0.3, 0.4) is 0 Å². The molecular weight excluding hydrogens is 508 g/mol. The van der Waals surface area contributed by atoms with E-state index >= 15 is 0 Å². The van der Waals surface area contributed by atoms with Gasteiger partial charge in [-0.25, -0.2) is 9.59 Å². The van der Waals surface area contributed by atoms with E-state index in [1.54, 1.807) is 11.9 Å². The maximum absolute atomic E-state index is 12.4. The predicted octanol–water partition coefficient (Wildman–Crippen LogP) is 5.91. The predicted molar refractivity (Wildman–Crippen MR) is 158 cm³/mol. The van der Waals surface area contributed by atoms with Crippen molar-refractivity contribution in [2.45, 2.75) is 112 Å². The van der Waals surface area contributed by atoms with Crippen molar-refractivity contribution < 1.29 is 23.9 Å².